The predicted octanol–water partition coefficient (Wildman–Crippen LogP) is 15.3. The maximum atomic E-state index is 9.25. The zero-order valence-electron chi connectivity index (χ0n) is 39.7. The molecular formula is C55H38N2O. The Bertz CT molecular complexity index is 3820. The second-order valence-corrected chi connectivity index (χ2v) is 15.5. The number of nitrogens with zero attached hydrogens (tertiary/aromatic N) is 2. The summed E-state index contributed by atoms with van der Waals surface area (Å²) in [5, 5.41) is 3.14. The lowest BCUT2D eigenvalue weighted by molar-refractivity contribution is 0.660. The van der Waals surface area contributed by atoms with Crippen LogP contribution in [-0.2, 0) is 5.41 Å². The molecule has 274 valence electrons. The van der Waals surface area contributed by atoms with Crippen LogP contribution in [0.15, 0.2) is 198 Å². The normalized spacial score (nSPS) is 15.1. The topological polar surface area (TPSA) is 21.3 Å². The van der Waals surface area contributed by atoms with Gasteiger partial charge in [0.15, 0.2) is 0 Å². The van der Waals surface area contributed by atoms with Gasteiger partial charge >= 0.3 is 0 Å². The van der Waals surface area contributed by atoms with Crippen LogP contribution in [0.1, 0.15) is 35.9 Å². The summed E-state index contributed by atoms with van der Waals surface area (Å²) in [6.07, 6.45) is 0. The molecule has 0 fully saturated rings. The van der Waals surface area contributed by atoms with Gasteiger partial charge in [-0.05, 0) is 87.9 Å². The summed E-state index contributed by atoms with van der Waals surface area (Å²) < 4.78 is 79.8. The van der Waals surface area contributed by atoms with Crippen molar-refractivity contribution in [2.24, 2.45) is 0 Å². The first-order valence-electron chi connectivity index (χ1n) is 23.4. The molecule has 0 bridgehead atoms. The van der Waals surface area contributed by atoms with Crippen molar-refractivity contribution in [3.8, 4) is 27.9 Å². The molecule has 58 heavy (non-hydrogen) atoms. The Morgan fingerprint density at radius 3 is 1.93 bits per heavy atom. The average molecular weight is 751 g/mol. The Morgan fingerprint density at radius 2 is 1.16 bits per heavy atom. The molecule has 0 amide bonds. The van der Waals surface area contributed by atoms with Gasteiger partial charge in [-0.1, -0.05) is 153 Å². The predicted molar refractivity (Wildman–Crippen MR) is 243 cm³/mol. The van der Waals surface area contributed by atoms with Gasteiger partial charge in [0.25, 0.3) is 0 Å². The highest BCUT2D eigenvalue weighted by Crippen LogP contribution is 2.52. The van der Waals surface area contributed by atoms with Crippen LogP contribution in [0, 0.1) is 0 Å². The van der Waals surface area contributed by atoms with Crippen LogP contribution < -0.4 is 4.90 Å². The van der Waals surface area contributed by atoms with E-state index < -0.39 is 24.2 Å². The van der Waals surface area contributed by atoms with Gasteiger partial charge in [0.05, 0.1) is 38.8 Å². The van der Waals surface area contributed by atoms with Crippen molar-refractivity contribution >= 4 is 71.6 Å². The molecule has 9 aromatic carbocycles. The standard InChI is InChI=1S/C55H38N2O/c1-55(2)46-22-11-8-17-39(46)40-32-31-38(33-47(40)55)56(37-29-27-36(28-30-37)35-15-4-3-5-16-35)51-34-45-53-50(25-14-26-52(53)58-54(45)44-21-7-6-20-43(44)51)57-48-23-12-9-18-41(48)42-19-10-13-24-49(42)57/h3-34H,1-2H3/i9D,10D,12D,13D,18D,19D,23D,24D. The SMILES string of the molecule is [2H]c1c([2H])c([2H])c2c(c1[2H])c1c([2H])c([2H])c([2H])c([2H])c1n2-c1cccc2oc3c4ccccc4c(N(c4ccc(-c5ccccc5)cc4)c4ccc5c(c4)C(C)(C)c4ccccc4-5)cc3c12. The Balaban J connectivity index is 1.19. The second kappa shape index (κ2) is 12.3. The van der Waals surface area contributed by atoms with Crippen LogP contribution in [0.4, 0.5) is 17.1 Å². The van der Waals surface area contributed by atoms with Crippen molar-refractivity contribution in [1.82, 2.24) is 4.57 Å². The van der Waals surface area contributed by atoms with Crippen LogP contribution in [0.5, 0.6) is 0 Å². The Labute approximate surface area is 347 Å². The zero-order chi connectivity index (χ0) is 45.5. The highest BCUT2D eigenvalue weighted by molar-refractivity contribution is 6.22. The summed E-state index contributed by atoms with van der Waals surface area (Å²) in [7, 11) is 0. The van der Waals surface area contributed by atoms with E-state index in [9.17, 15) is 2.74 Å². The molecule has 0 saturated carbocycles. The number of furan rings is 1. The van der Waals surface area contributed by atoms with Gasteiger partial charge in [-0.25, -0.2) is 0 Å². The number of para-hydroxylation sites is 2. The van der Waals surface area contributed by atoms with E-state index in [4.69, 9.17) is 12.6 Å². The second-order valence-electron chi connectivity index (χ2n) is 15.5. The third-order valence-corrected chi connectivity index (χ3v) is 12.0. The average Bonchev–Trinajstić information content (AvgIpc) is 3.98. The molecule has 0 atom stereocenters. The Kier molecular flexibility index (Phi) is 5.46. The minimum absolute atomic E-state index is 0.0192. The summed E-state index contributed by atoms with van der Waals surface area (Å²) in [4.78, 5) is 2.28. The third-order valence-electron chi connectivity index (χ3n) is 12.0. The molecule has 2 heterocycles. The molecule has 1 aliphatic rings. The van der Waals surface area contributed by atoms with E-state index in [0.717, 1.165) is 39.0 Å². The number of aromatic nitrogens is 1. The number of rotatable bonds is 5. The van der Waals surface area contributed by atoms with Crippen LogP contribution in [-0.4, -0.2) is 4.57 Å². The molecule has 0 radical (unpaired) electrons. The fraction of sp³-hybridized carbons (Fsp3) is 0.0545. The van der Waals surface area contributed by atoms with Crippen LogP contribution in [0.3, 0.4) is 0 Å². The lowest BCUT2D eigenvalue weighted by Crippen LogP contribution is -2.16. The summed E-state index contributed by atoms with van der Waals surface area (Å²) in [6, 6.07) is 46.5. The first-order valence-corrected chi connectivity index (χ1v) is 19.4. The fourth-order valence-electron chi connectivity index (χ4n) is 9.34. The highest BCUT2D eigenvalue weighted by Gasteiger charge is 2.36. The Morgan fingerprint density at radius 1 is 0.517 bits per heavy atom. The molecule has 3 heteroatoms. The maximum Gasteiger partial charge on any atom is 0.143 e. The van der Waals surface area contributed by atoms with Gasteiger partial charge in [0, 0.05) is 43.7 Å². The van der Waals surface area contributed by atoms with Crippen LogP contribution in [0.2, 0.25) is 0 Å². The number of hydrogen-bond donors (Lipinski definition) is 0. The molecule has 0 saturated heterocycles. The van der Waals surface area contributed by atoms with E-state index in [0.29, 0.717) is 27.6 Å². The molecule has 0 aliphatic heterocycles. The van der Waals surface area contributed by atoms with Crippen molar-refractivity contribution < 1.29 is 15.4 Å². The first-order chi connectivity index (χ1) is 31.9. The molecule has 2 aromatic heterocycles. The quantitative estimate of drug-likeness (QED) is 0.175. The van der Waals surface area contributed by atoms with E-state index in [1.54, 1.807) is 10.6 Å². The lowest BCUT2D eigenvalue weighted by atomic mass is 9.82. The molecule has 0 N–H and O–H groups in total. The highest BCUT2D eigenvalue weighted by atomic mass is 16.3. The van der Waals surface area contributed by atoms with Gasteiger partial charge in [0.2, 0.25) is 0 Å². The van der Waals surface area contributed by atoms with Gasteiger partial charge in [-0.3, -0.25) is 0 Å². The van der Waals surface area contributed by atoms with E-state index >= 15 is 0 Å². The largest absolute Gasteiger partial charge is 0.455 e. The Hall–Kier alpha value is -7.36. The number of benzene rings is 9. The monoisotopic (exact) mass is 750 g/mol. The van der Waals surface area contributed by atoms with Gasteiger partial charge in [0.1, 0.15) is 11.2 Å². The summed E-state index contributed by atoms with van der Waals surface area (Å²) in [5.41, 5.74) is 11.2. The molecular weight excluding hydrogens is 705 g/mol. The van der Waals surface area contributed by atoms with Crippen molar-refractivity contribution in [1.29, 1.82) is 0 Å². The summed E-state index contributed by atoms with van der Waals surface area (Å²) in [6.45, 7) is 4.55. The smallest absolute Gasteiger partial charge is 0.143 e. The van der Waals surface area contributed by atoms with Gasteiger partial charge in [-0.15, -0.1) is 0 Å². The van der Waals surface area contributed by atoms with E-state index in [-0.39, 0.29) is 51.4 Å². The molecule has 3 nitrogen and oxygen atoms in total. The summed E-state index contributed by atoms with van der Waals surface area (Å²) in [5.74, 6) is 0. The molecule has 11 aromatic rings. The minimum Gasteiger partial charge on any atom is -0.455 e. The van der Waals surface area contributed by atoms with Gasteiger partial charge < -0.3 is 13.9 Å². The van der Waals surface area contributed by atoms with Crippen molar-refractivity contribution in [3.63, 3.8) is 0 Å². The van der Waals surface area contributed by atoms with E-state index in [1.807, 2.05) is 48.5 Å². The van der Waals surface area contributed by atoms with Crippen molar-refractivity contribution in [2.45, 2.75) is 19.3 Å². The minimum atomic E-state index is -0.488. The number of fused-ring (bicyclic) bond motifs is 11. The lowest BCUT2D eigenvalue weighted by Gasteiger charge is -2.29. The van der Waals surface area contributed by atoms with Crippen LogP contribution in [0.25, 0.3) is 82.5 Å². The fourth-order valence-corrected chi connectivity index (χ4v) is 9.34. The van der Waals surface area contributed by atoms with E-state index in [2.05, 4.69) is 110 Å². The third kappa shape index (κ3) is 4.68. The van der Waals surface area contributed by atoms with Gasteiger partial charge in [-0.2, -0.15) is 0 Å². The first kappa shape index (κ1) is 25.7. The molecule has 0 unspecified atom stereocenters. The molecule has 0 spiro atoms. The maximum absolute atomic E-state index is 9.25. The zero-order valence-corrected chi connectivity index (χ0v) is 31.7. The van der Waals surface area contributed by atoms with Crippen LogP contribution >= 0.6 is 0 Å². The molecule has 1 aliphatic carbocycles. The van der Waals surface area contributed by atoms with Crippen molar-refractivity contribution in [3.05, 3.63) is 205 Å². The summed E-state index contributed by atoms with van der Waals surface area (Å²) >= 11 is 0. The van der Waals surface area contributed by atoms with Crippen molar-refractivity contribution in [2.75, 3.05) is 4.90 Å². The number of hydrogen-bond acceptors (Lipinski definition) is 2. The van der Waals surface area contributed by atoms with E-state index in [1.165, 1.54) is 22.3 Å². The molecule has 12 rings (SSSR count). The number of anilines is 3.